The van der Waals surface area contributed by atoms with Gasteiger partial charge >= 0.3 is 0 Å². The second-order valence-electron chi connectivity index (χ2n) is 5.51. The molecule has 2 aromatic rings. The van der Waals surface area contributed by atoms with Gasteiger partial charge in [0.2, 0.25) is 0 Å². The first kappa shape index (κ1) is 14.7. The van der Waals surface area contributed by atoms with Crippen LogP contribution in [0.15, 0.2) is 36.5 Å². The van der Waals surface area contributed by atoms with E-state index in [0.717, 1.165) is 19.3 Å². The number of nitrogens with two attached hydrogens (primary N) is 1. The van der Waals surface area contributed by atoms with E-state index in [4.69, 9.17) is 5.73 Å². The molecule has 1 aliphatic rings. The first-order chi connectivity index (χ1) is 10.7. The SMILES string of the molecule is NC[C@@H]1CCCCN1C(=O)c1ccn(-c2cccc(F)c2)n1. The van der Waals surface area contributed by atoms with E-state index in [1.54, 1.807) is 24.4 Å². The maximum absolute atomic E-state index is 13.3. The van der Waals surface area contributed by atoms with Gasteiger partial charge in [-0.25, -0.2) is 9.07 Å². The Morgan fingerprint density at radius 1 is 1.36 bits per heavy atom. The highest BCUT2D eigenvalue weighted by Crippen LogP contribution is 2.19. The molecule has 0 aliphatic carbocycles. The third-order valence-corrected chi connectivity index (χ3v) is 4.04. The lowest BCUT2D eigenvalue weighted by molar-refractivity contribution is 0.0617. The van der Waals surface area contributed by atoms with Gasteiger partial charge in [0.15, 0.2) is 5.69 Å². The van der Waals surface area contributed by atoms with Crippen molar-refractivity contribution in [3.63, 3.8) is 0 Å². The zero-order chi connectivity index (χ0) is 15.5. The molecule has 0 bridgehead atoms. The van der Waals surface area contributed by atoms with Gasteiger partial charge in [-0.05, 0) is 43.5 Å². The quantitative estimate of drug-likeness (QED) is 0.942. The fourth-order valence-electron chi connectivity index (χ4n) is 2.86. The third-order valence-electron chi connectivity index (χ3n) is 4.04. The van der Waals surface area contributed by atoms with Crippen molar-refractivity contribution in [1.29, 1.82) is 0 Å². The minimum atomic E-state index is -0.333. The van der Waals surface area contributed by atoms with Crippen LogP contribution < -0.4 is 5.73 Å². The van der Waals surface area contributed by atoms with Crippen LogP contribution in [0.25, 0.3) is 5.69 Å². The zero-order valence-corrected chi connectivity index (χ0v) is 12.3. The van der Waals surface area contributed by atoms with Crippen molar-refractivity contribution in [2.75, 3.05) is 13.1 Å². The van der Waals surface area contributed by atoms with Gasteiger partial charge in [0.25, 0.3) is 5.91 Å². The minimum absolute atomic E-state index is 0.0839. The summed E-state index contributed by atoms with van der Waals surface area (Å²) in [6.07, 6.45) is 4.70. The second kappa shape index (κ2) is 6.27. The fraction of sp³-hybridized carbons (Fsp3) is 0.375. The van der Waals surface area contributed by atoms with Gasteiger partial charge in [0, 0.05) is 25.3 Å². The Morgan fingerprint density at radius 2 is 2.23 bits per heavy atom. The maximum Gasteiger partial charge on any atom is 0.274 e. The summed E-state index contributed by atoms with van der Waals surface area (Å²) in [5, 5.41) is 4.28. The summed E-state index contributed by atoms with van der Waals surface area (Å²) in [5.74, 6) is -0.439. The van der Waals surface area contributed by atoms with Crippen LogP contribution in [0.2, 0.25) is 0 Å². The smallest absolute Gasteiger partial charge is 0.274 e. The number of aromatic nitrogens is 2. The number of hydrogen-bond donors (Lipinski definition) is 1. The van der Waals surface area contributed by atoms with E-state index < -0.39 is 0 Å². The standard InChI is InChI=1S/C16H19FN4O/c17-12-4-3-6-13(10-12)21-9-7-15(19-21)16(22)20-8-2-1-5-14(20)11-18/h3-4,6-7,9-10,14H,1-2,5,8,11,18H2/t14-/m0/s1. The van der Waals surface area contributed by atoms with Gasteiger partial charge in [-0.3, -0.25) is 4.79 Å². The molecular weight excluding hydrogens is 283 g/mol. The van der Waals surface area contributed by atoms with Crippen LogP contribution in [0, 0.1) is 5.82 Å². The Balaban J connectivity index is 1.82. The second-order valence-corrected chi connectivity index (χ2v) is 5.51. The number of carbonyl (C=O) groups is 1. The van der Waals surface area contributed by atoms with Crippen molar-refractivity contribution in [2.24, 2.45) is 5.73 Å². The van der Waals surface area contributed by atoms with Crippen LogP contribution >= 0.6 is 0 Å². The van der Waals surface area contributed by atoms with Crippen molar-refractivity contribution >= 4 is 5.91 Å². The van der Waals surface area contributed by atoms with Crippen LogP contribution in [-0.2, 0) is 0 Å². The predicted molar refractivity (Wildman–Crippen MR) is 81.3 cm³/mol. The fourth-order valence-corrected chi connectivity index (χ4v) is 2.86. The van der Waals surface area contributed by atoms with Crippen molar-refractivity contribution in [3.8, 4) is 5.69 Å². The van der Waals surface area contributed by atoms with Gasteiger partial charge in [0.1, 0.15) is 5.82 Å². The molecule has 1 fully saturated rings. The van der Waals surface area contributed by atoms with Crippen LogP contribution in [0.5, 0.6) is 0 Å². The van der Waals surface area contributed by atoms with Gasteiger partial charge in [-0.1, -0.05) is 6.07 Å². The van der Waals surface area contributed by atoms with Gasteiger partial charge < -0.3 is 10.6 Å². The summed E-state index contributed by atoms with van der Waals surface area (Å²) in [6.45, 7) is 1.18. The van der Waals surface area contributed by atoms with Crippen molar-refractivity contribution < 1.29 is 9.18 Å². The predicted octanol–water partition coefficient (Wildman–Crippen LogP) is 1.96. The zero-order valence-electron chi connectivity index (χ0n) is 12.3. The lowest BCUT2D eigenvalue weighted by atomic mass is 10.0. The molecular formula is C16H19FN4O. The monoisotopic (exact) mass is 302 g/mol. The Labute approximate surface area is 128 Å². The molecule has 1 atom stereocenters. The Bertz CT molecular complexity index is 670. The van der Waals surface area contributed by atoms with E-state index in [1.165, 1.54) is 16.8 Å². The van der Waals surface area contributed by atoms with E-state index in [-0.39, 0.29) is 17.8 Å². The van der Waals surface area contributed by atoms with Gasteiger partial charge in [-0.2, -0.15) is 5.10 Å². The summed E-state index contributed by atoms with van der Waals surface area (Å²) < 4.78 is 14.8. The maximum atomic E-state index is 13.3. The molecule has 3 rings (SSSR count). The molecule has 1 aromatic carbocycles. The number of hydrogen-bond acceptors (Lipinski definition) is 3. The van der Waals surface area contributed by atoms with Gasteiger partial charge in [-0.15, -0.1) is 0 Å². The number of likely N-dealkylation sites (tertiary alicyclic amines) is 1. The number of halogens is 1. The molecule has 0 unspecified atom stereocenters. The van der Waals surface area contributed by atoms with Crippen molar-refractivity contribution in [3.05, 3.63) is 48.0 Å². The molecule has 2 heterocycles. The van der Waals surface area contributed by atoms with E-state index >= 15 is 0 Å². The highest BCUT2D eigenvalue weighted by molar-refractivity contribution is 5.92. The first-order valence-electron chi connectivity index (χ1n) is 7.51. The summed E-state index contributed by atoms with van der Waals surface area (Å²) in [7, 11) is 0. The molecule has 0 radical (unpaired) electrons. The van der Waals surface area contributed by atoms with Crippen LogP contribution in [-0.4, -0.2) is 39.7 Å². The van der Waals surface area contributed by atoms with Crippen LogP contribution in [0.1, 0.15) is 29.8 Å². The van der Waals surface area contributed by atoms with E-state index in [0.29, 0.717) is 24.5 Å². The number of amides is 1. The molecule has 116 valence electrons. The first-order valence-corrected chi connectivity index (χ1v) is 7.51. The molecule has 6 heteroatoms. The number of nitrogens with zero attached hydrogens (tertiary/aromatic N) is 3. The summed E-state index contributed by atoms with van der Waals surface area (Å²) >= 11 is 0. The van der Waals surface area contributed by atoms with Crippen molar-refractivity contribution in [1.82, 2.24) is 14.7 Å². The van der Waals surface area contributed by atoms with Crippen molar-refractivity contribution in [2.45, 2.75) is 25.3 Å². The van der Waals surface area contributed by atoms with Crippen LogP contribution in [0.3, 0.4) is 0 Å². The third kappa shape index (κ3) is 2.87. The van der Waals surface area contributed by atoms with E-state index in [9.17, 15) is 9.18 Å². The van der Waals surface area contributed by atoms with Crippen LogP contribution in [0.4, 0.5) is 4.39 Å². The number of benzene rings is 1. The minimum Gasteiger partial charge on any atom is -0.333 e. The molecule has 1 aliphatic heterocycles. The average Bonchev–Trinajstić information content (AvgIpc) is 3.04. The Morgan fingerprint density at radius 3 is 3.00 bits per heavy atom. The normalized spacial score (nSPS) is 18.5. The van der Waals surface area contributed by atoms with Gasteiger partial charge in [0.05, 0.1) is 5.69 Å². The molecule has 0 saturated carbocycles. The molecule has 1 saturated heterocycles. The lowest BCUT2D eigenvalue weighted by Gasteiger charge is -2.34. The summed E-state index contributed by atoms with van der Waals surface area (Å²) in [6, 6.07) is 7.86. The largest absolute Gasteiger partial charge is 0.333 e. The number of piperidine rings is 1. The Kier molecular flexibility index (Phi) is 4.20. The van der Waals surface area contributed by atoms with E-state index in [1.807, 2.05) is 4.90 Å². The topological polar surface area (TPSA) is 64.2 Å². The van der Waals surface area contributed by atoms with E-state index in [2.05, 4.69) is 5.10 Å². The number of rotatable bonds is 3. The molecule has 0 spiro atoms. The highest BCUT2D eigenvalue weighted by atomic mass is 19.1. The molecule has 22 heavy (non-hydrogen) atoms. The summed E-state index contributed by atoms with van der Waals surface area (Å²) in [4.78, 5) is 14.4. The average molecular weight is 302 g/mol. The molecule has 1 aromatic heterocycles. The number of carbonyl (C=O) groups excluding carboxylic acids is 1. The molecule has 2 N–H and O–H groups in total. The summed E-state index contributed by atoms with van der Waals surface area (Å²) in [5.41, 5.74) is 6.72. The lowest BCUT2D eigenvalue weighted by Crippen LogP contribution is -2.47. The molecule has 5 nitrogen and oxygen atoms in total. The Hall–Kier alpha value is -2.21. The molecule has 1 amide bonds. The highest BCUT2D eigenvalue weighted by Gasteiger charge is 2.27.